The first kappa shape index (κ1) is 41.6. The zero-order chi connectivity index (χ0) is 37.5. The number of ether oxygens (including phenoxy) is 2. The van der Waals surface area contributed by atoms with Gasteiger partial charge in [0.2, 0.25) is 17.4 Å². The van der Waals surface area contributed by atoms with E-state index < -0.39 is 64.7 Å². The van der Waals surface area contributed by atoms with Crippen molar-refractivity contribution in [2.45, 2.75) is 97.4 Å². The number of esters is 1. The van der Waals surface area contributed by atoms with Crippen LogP contribution in [0.2, 0.25) is 0 Å². The molecule has 2 fully saturated rings. The number of likely N-dealkylation sites (tertiary alicyclic amines) is 1. The molecule has 274 valence electrons. The fourth-order valence-electron chi connectivity index (χ4n) is 6.47. The van der Waals surface area contributed by atoms with Crippen molar-refractivity contribution in [3.8, 4) is 0 Å². The zero-order valence-corrected chi connectivity index (χ0v) is 30.2. The summed E-state index contributed by atoms with van der Waals surface area (Å²) in [5, 5.41) is 56.1. The van der Waals surface area contributed by atoms with Gasteiger partial charge in [0.15, 0.2) is 0 Å². The second-order valence-electron chi connectivity index (χ2n) is 13.5. The largest absolute Gasteiger partial charge is 0.734 e. The SMILES string of the molecule is CO[C@@H](C[C@@H](C)[C@@H](O)/C=C/C=C/CNC(=O)C(C)(C)[C@H](O)/C(C)=C/C=C/C=C/C(C)=C(\C)N([O-])O)[C@]1(O)[C@@H](C)C(=O)N(C)[C@]12C(=O)O[C@@H]2C. The highest BCUT2D eigenvalue weighted by Crippen LogP contribution is 2.54. The third kappa shape index (κ3) is 8.25. The molecule has 49 heavy (non-hydrogen) atoms. The van der Waals surface area contributed by atoms with E-state index in [0.717, 1.165) is 0 Å². The number of carbonyl (C=O) groups excluding carboxylic acids is 3. The van der Waals surface area contributed by atoms with Gasteiger partial charge in [-0.1, -0.05) is 68.5 Å². The zero-order valence-electron chi connectivity index (χ0n) is 30.2. The van der Waals surface area contributed by atoms with Crippen LogP contribution in [0, 0.1) is 22.5 Å². The lowest BCUT2D eigenvalue weighted by Crippen LogP contribution is -2.80. The summed E-state index contributed by atoms with van der Waals surface area (Å²) in [4.78, 5) is 39.8. The standard InChI is InChI=1S/C36H54N3O10/c1-22(26(5)39(46)47)17-13-11-14-18-23(2)30(41)34(7,8)32(43)37-20-16-12-15-19-28(40)24(3)21-29(48-10)36(45)25(4)31(42)38(9)35(36)27(6)49-33(35)44/h11-19,24-25,27-30,40-41,45-46H,20-21H2,1-10H3,(H,37,43)/q-1/b14-11+,16-12+,17-13+,19-15+,23-18+,26-22+/t24-,25+,27-,28+,29+,30-,35-,36-/m1/s1. The number of hydrogen-bond donors (Lipinski definition) is 5. The van der Waals surface area contributed by atoms with Crippen molar-refractivity contribution in [1.29, 1.82) is 0 Å². The fourth-order valence-corrected chi connectivity index (χ4v) is 6.47. The Hall–Kier alpha value is -3.59. The molecule has 2 rings (SSSR count). The molecular weight excluding hydrogens is 634 g/mol. The number of amides is 2. The van der Waals surface area contributed by atoms with Crippen molar-refractivity contribution < 1.29 is 44.4 Å². The molecule has 5 N–H and O–H groups in total. The van der Waals surface area contributed by atoms with Crippen LogP contribution in [0.1, 0.15) is 61.8 Å². The van der Waals surface area contributed by atoms with Crippen molar-refractivity contribution in [3.63, 3.8) is 0 Å². The topological polar surface area (TPSA) is 192 Å². The quantitative estimate of drug-likeness (QED) is 0.0910. The van der Waals surface area contributed by atoms with Crippen LogP contribution in [0.5, 0.6) is 0 Å². The second kappa shape index (κ2) is 16.9. The van der Waals surface area contributed by atoms with Crippen LogP contribution in [0.15, 0.2) is 71.5 Å². The summed E-state index contributed by atoms with van der Waals surface area (Å²) >= 11 is 0. The predicted molar refractivity (Wildman–Crippen MR) is 184 cm³/mol. The molecule has 13 heteroatoms. The molecule has 0 saturated carbocycles. The number of carbonyl (C=O) groups is 3. The second-order valence-corrected chi connectivity index (χ2v) is 13.5. The molecular formula is C36H54N3O10-. The lowest BCUT2D eigenvalue weighted by molar-refractivity contribution is -0.255. The minimum Gasteiger partial charge on any atom is -0.734 e. The van der Waals surface area contributed by atoms with E-state index in [9.17, 15) is 34.9 Å². The molecule has 13 nitrogen and oxygen atoms in total. The van der Waals surface area contributed by atoms with Gasteiger partial charge < -0.3 is 45.4 Å². The summed E-state index contributed by atoms with van der Waals surface area (Å²) in [6.07, 6.45) is 11.4. The van der Waals surface area contributed by atoms with Gasteiger partial charge in [-0.15, -0.1) is 0 Å². The Morgan fingerprint density at radius 1 is 1.14 bits per heavy atom. The van der Waals surface area contributed by atoms with Crippen LogP contribution < -0.4 is 5.32 Å². The van der Waals surface area contributed by atoms with Gasteiger partial charge >= 0.3 is 5.97 Å². The molecule has 2 saturated heterocycles. The molecule has 8 atom stereocenters. The van der Waals surface area contributed by atoms with Crippen molar-refractivity contribution >= 4 is 17.8 Å². The maximum Gasteiger partial charge on any atom is 0.339 e. The highest BCUT2D eigenvalue weighted by atomic mass is 16.8. The van der Waals surface area contributed by atoms with Crippen LogP contribution in [0.4, 0.5) is 0 Å². The maximum atomic E-state index is 12.9. The van der Waals surface area contributed by atoms with Crippen molar-refractivity contribution in [1.82, 2.24) is 15.4 Å². The van der Waals surface area contributed by atoms with Crippen LogP contribution in [-0.4, -0.2) is 105 Å². The van der Waals surface area contributed by atoms with E-state index in [2.05, 4.69) is 5.32 Å². The molecule has 2 aliphatic rings. The molecule has 2 amide bonds. The normalized spacial score (nSPS) is 28.0. The number of aliphatic hydroxyl groups is 3. The number of hydroxylamine groups is 2. The number of allylic oxidation sites excluding steroid dienone is 9. The Morgan fingerprint density at radius 3 is 2.33 bits per heavy atom. The minimum absolute atomic E-state index is 0.145. The third-order valence-electron chi connectivity index (χ3n) is 10.0. The van der Waals surface area contributed by atoms with Crippen molar-refractivity contribution in [2.24, 2.45) is 17.3 Å². The maximum absolute atomic E-state index is 12.9. The van der Waals surface area contributed by atoms with Crippen LogP contribution in [0.3, 0.4) is 0 Å². The van der Waals surface area contributed by atoms with E-state index in [1.807, 2.05) is 0 Å². The van der Waals surface area contributed by atoms with E-state index in [1.165, 1.54) is 26.0 Å². The summed E-state index contributed by atoms with van der Waals surface area (Å²) in [6.45, 7) is 13.3. The first-order chi connectivity index (χ1) is 22.7. The summed E-state index contributed by atoms with van der Waals surface area (Å²) in [7, 11) is 2.87. The molecule has 0 radical (unpaired) electrons. The average Bonchev–Trinajstić information content (AvgIpc) is 3.22. The van der Waals surface area contributed by atoms with Gasteiger partial charge in [-0.3, -0.25) is 14.8 Å². The number of likely N-dealkylation sites (N-methyl/N-ethyl adjacent to an activating group) is 1. The van der Waals surface area contributed by atoms with E-state index in [-0.39, 0.29) is 29.8 Å². The number of methoxy groups -OCH3 is 1. The van der Waals surface area contributed by atoms with Gasteiger partial charge in [-0.05, 0) is 65.0 Å². The number of hydrogen-bond acceptors (Lipinski definition) is 11. The Bertz CT molecular complexity index is 1400. The molecule has 0 aromatic rings. The first-order valence-corrected chi connectivity index (χ1v) is 16.3. The molecule has 0 bridgehead atoms. The molecule has 0 aliphatic carbocycles. The smallest absolute Gasteiger partial charge is 0.339 e. The van der Waals surface area contributed by atoms with Crippen molar-refractivity contribution in [3.05, 3.63) is 76.7 Å². The fraction of sp³-hybridized carbons (Fsp3) is 0.583. The van der Waals surface area contributed by atoms with Crippen LogP contribution in [-0.2, 0) is 23.9 Å². The van der Waals surface area contributed by atoms with Gasteiger partial charge in [-0.2, -0.15) is 0 Å². The number of rotatable bonds is 16. The van der Waals surface area contributed by atoms with Gasteiger partial charge in [0.25, 0.3) is 0 Å². The van der Waals surface area contributed by atoms with Gasteiger partial charge in [0.05, 0.1) is 29.6 Å². The first-order valence-electron chi connectivity index (χ1n) is 16.3. The third-order valence-corrected chi connectivity index (χ3v) is 10.0. The van der Waals surface area contributed by atoms with Gasteiger partial charge in [0, 0.05) is 26.4 Å². The van der Waals surface area contributed by atoms with Crippen LogP contribution >= 0.6 is 0 Å². The predicted octanol–water partition coefficient (Wildman–Crippen LogP) is 3.07. The van der Waals surface area contributed by atoms with E-state index >= 15 is 0 Å². The van der Waals surface area contributed by atoms with Gasteiger partial charge in [-0.25, -0.2) is 4.79 Å². The lowest BCUT2D eigenvalue weighted by Gasteiger charge is -2.55. The average molecular weight is 689 g/mol. The summed E-state index contributed by atoms with van der Waals surface area (Å²) in [5.41, 5.74) is -3.27. The molecule has 1 spiro atoms. The summed E-state index contributed by atoms with van der Waals surface area (Å²) in [6, 6.07) is 0. The Balaban J connectivity index is 1.94. The van der Waals surface area contributed by atoms with E-state index in [1.54, 1.807) is 103 Å². The molecule has 0 aromatic heterocycles. The Morgan fingerprint density at radius 2 is 1.78 bits per heavy atom. The highest BCUT2D eigenvalue weighted by molar-refractivity contribution is 5.99. The highest BCUT2D eigenvalue weighted by Gasteiger charge is 2.80. The monoisotopic (exact) mass is 688 g/mol. The number of nitrogens with one attached hydrogen (secondary N) is 1. The Labute approximate surface area is 289 Å². The van der Waals surface area contributed by atoms with E-state index in [0.29, 0.717) is 11.1 Å². The summed E-state index contributed by atoms with van der Waals surface area (Å²) in [5.74, 6) is -2.80. The molecule has 2 heterocycles. The minimum atomic E-state index is -1.87. The lowest BCUT2D eigenvalue weighted by atomic mass is 9.65. The van der Waals surface area contributed by atoms with Crippen LogP contribution in [0.25, 0.3) is 0 Å². The molecule has 2 aliphatic heterocycles. The van der Waals surface area contributed by atoms with E-state index in [4.69, 9.17) is 14.7 Å². The summed E-state index contributed by atoms with van der Waals surface area (Å²) < 4.78 is 10.9. The number of nitrogens with zero attached hydrogens (tertiary/aromatic N) is 2. The van der Waals surface area contributed by atoms with Gasteiger partial charge in [0.1, 0.15) is 11.7 Å². The Kier molecular flexibility index (Phi) is 14.3. The number of cyclic esters (lactones) is 1. The molecule has 0 aromatic carbocycles. The molecule has 0 unspecified atom stereocenters. The number of aliphatic hydroxyl groups excluding tert-OH is 2. The van der Waals surface area contributed by atoms with Crippen molar-refractivity contribution in [2.75, 3.05) is 20.7 Å².